The van der Waals surface area contributed by atoms with Crippen LogP contribution in [-0.4, -0.2) is 34.0 Å². The van der Waals surface area contributed by atoms with Gasteiger partial charge in [0.1, 0.15) is 0 Å². The highest BCUT2D eigenvalue weighted by atomic mass is 16.6. The monoisotopic (exact) mass is 424 g/mol. The summed E-state index contributed by atoms with van der Waals surface area (Å²) in [6, 6.07) is 9.41. The van der Waals surface area contributed by atoms with Crippen molar-refractivity contribution in [1.29, 1.82) is 0 Å². The molecule has 2 aliphatic rings. The van der Waals surface area contributed by atoms with Crippen LogP contribution in [0.1, 0.15) is 22.3 Å². The number of carbonyl (C=O) groups excluding carboxylic acids is 1. The molecular formula is C21H16N2O8. The average molecular weight is 424 g/mol. The quantitative estimate of drug-likeness (QED) is 0.446. The van der Waals surface area contributed by atoms with Gasteiger partial charge in [-0.25, -0.2) is 9.59 Å². The Bertz CT molecular complexity index is 1180. The zero-order chi connectivity index (χ0) is 22.7. The fourth-order valence-corrected chi connectivity index (χ4v) is 3.44. The first-order valence-electron chi connectivity index (χ1n) is 8.98. The highest BCUT2D eigenvalue weighted by Crippen LogP contribution is 2.33. The molecule has 0 amide bonds. The lowest BCUT2D eigenvalue weighted by Crippen LogP contribution is -2.04. The lowest BCUT2D eigenvalue weighted by molar-refractivity contribution is -0.385. The van der Waals surface area contributed by atoms with E-state index in [2.05, 4.69) is 4.74 Å². The molecule has 0 spiro atoms. The predicted molar refractivity (Wildman–Crippen MR) is 109 cm³/mol. The Morgan fingerprint density at radius 1 is 0.871 bits per heavy atom. The number of carbonyl (C=O) groups is 2. The van der Waals surface area contributed by atoms with E-state index in [4.69, 9.17) is 5.11 Å². The lowest BCUT2D eigenvalue weighted by Gasteiger charge is -2.00. The van der Waals surface area contributed by atoms with Gasteiger partial charge in [0.2, 0.25) is 0 Å². The maximum atomic E-state index is 11.3. The minimum atomic E-state index is -1.03. The number of nitro benzene ring substituents is 2. The molecule has 0 fully saturated rings. The predicted octanol–water partition coefficient (Wildman–Crippen LogP) is 3.33. The summed E-state index contributed by atoms with van der Waals surface area (Å²) < 4.78 is 4.59. The zero-order valence-electron chi connectivity index (χ0n) is 16.2. The van der Waals surface area contributed by atoms with Gasteiger partial charge in [-0.05, 0) is 23.3 Å². The van der Waals surface area contributed by atoms with Crippen molar-refractivity contribution in [2.24, 2.45) is 0 Å². The molecule has 0 aromatic heterocycles. The van der Waals surface area contributed by atoms with E-state index in [1.54, 1.807) is 30.3 Å². The molecule has 0 unspecified atom stereocenters. The normalized spacial score (nSPS) is 13.1. The molecule has 0 bridgehead atoms. The molecule has 4 rings (SSSR count). The maximum absolute atomic E-state index is 11.3. The summed E-state index contributed by atoms with van der Waals surface area (Å²) in [4.78, 5) is 42.5. The zero-order valence-corrected chi connectivity index (χ0v) is 16.2. The number of ether oxygens (including phenoxy) is 1. The largest absolute Gasteiger partial charge is 0.478 e. The van der Waals surface area contributed by atoms with E-state index in [0.717, 1.165) is 5.56 Å². The number of aliphatic carboxylic acids is 1. The smallest absolute Gasteiger partial charge is 0.334 e. The van der Waals surface area contributed by atoms with Gasteiger partial charge in [-0.2, -0.15) is 0 Å². The first-order valence-corrected chi connectivity index (χ1v) is 8.98. The number of rotatable bonds is 4. The van der Waals surface area contributed by atoms with Gasteiger partial charge in [-0.3, -0.25) is 20.2 Å². The molecule has 2 aromatic carbocycles. The Balaban J connectivity index is 0.000000176. The van der Waals surface area contributed by atoms with Crippen LogP contribution in [0, 0.1) is 20.2 Å². The SMILES string of the molecule is COC(=O)C1=Cc2cccc([N+](=O)[O-])c2C1.O=C(O)C1=Cc2cccc([N+](=O)[O-])c2C1. The van der Waals surface area contributed by atoms with E-state index in [-0.39, 0.29) is 29.8 Å². The third-order valence-corrected chi connectivity index (χ3v) is 4.88. The molecule has 2 aliphatic carbocycles. The summed E-state index contributed by atoms with van der Waals surface area (Å²) in [5, 5.41) is 30.2. The number of nitrogens with zero attached hydrogens (tertiary/aromatic N) is 2. The van der Waals surface area contributed by atoms with Gasteiger partial charge in [0.05, 0.1) is 17.0 Å². The van der Waals surface area contributed by atoms with E-state index in [9.17, 15) is 29.8 Å². The maximum Gasteiger partial charge on any atom is 0.334 e. The Hall–Kier alpha value is -4.34. The number of carboxylic acid groups (broad SMARTS) is 1. The van der Waals surface area contributed by atoms with Gasteiger partial charge < -0.3 is 9.84 Å². The molecule has 0 aliphatic heterocycles. The van der Waals surface area contributed by atoms with Crippen molar-refractivity contribution in [1.82, 2.24) is 0 Å². The fourth-order valence-electron chi connectivity index (χ4n) is 3.44. The van der Waals surface area contributed by atoms with Crippen molar-refractivity contribution in [2.45, 2.75) is 12.8 Å². The summed E-state index contributed by atoms with van der Waals surface area (Å²) in [5.74, 6) is -1.47. The van der Waals surface area contributed by atoms with Gasteiger partial charge in [-0.15, -0.1) is 0 Å². The molecule has 1 N–H and O–H groups in total. The summed E-state index contributed by atoms with van der Waals surface area (Å²) in [7, 11) is 1.29. The Morgan fingerprint density at radius 3 is 1.74 bits per heavy atom. The van der Waals surface area contributed by atoms with Crippen LogP contribution in [0.15, 0.2) is 47.5 Å². The van der Waals surface area contributed by atoms with Gasteiger partial charge >= 0.3 is 11.9 Å². The molecule has 2 aromatic rings. The minimum Gasteiger partial charge on any atom is -0.478 e. The molecule has 0 saturated carbocycles. The second-order valence-electron chi connectivity index (χ2n) is 6.69. The lowest BCUT2D eigenvalue weighted by atomic mass is 10.1. The number of carboxylic acids is 1. The van der Waals surface area contributed by atoms with E-state index in [1.807, 2.05) is 0 Å². The van der Waals surface area contributed by atoms with Crippen LogP contribution in [0.4, 0.5) is 11.4 Å². The van der Waals surface area contributed by atoms with Gasteiger partial charge in [0.25, 0.3) is 11.4 Å². The molecule has 0 radical (unpaired) electrons. The van der Waals surface area contributed by atoms with E-state index >= 15 is 0 Å². The molecule has 0 atom stereocenters. The molecule has 0 saturated heterocycles. The Kier molecular flexibility index (Phi) is 5.91. The van der Waals surface area contributed by atoms with Crippen LogP contribution < -0.4 is 0 Å². The van der Waals surface area contributed by atoms with Crippen LogP contribution in [0.2, 0.25) is 0 Å². The van der Waals surface area contributed by atoms with Crippen LogP contribution in [0.3, 0.4) is 0 Å². The number of hydrogen-bond donors (Lipinski definition) is 1. The number of hydrogen-bond acceptors (Lipinski definition) is 7. The van der Waals surface area contributed by atoms with Crippen molar-refractivity contribution in [3.05, 3.63) is 90.0 Å². The molecule has 158 valence electrons. The number of fused-ring (bicyclic) bond motifs is 2. The molecule has 0 heterocycles. The van der Waals surface area contributed by atoms with Gasteiger partial charge in [0, 0.05) is 47.2 Å². The third-order valence-electron chi connectivity index (χ3n) is 4.88. The third kappa shape index (κ3) is 4.32. The van der Waals surface area contributed by atoms with Crippen molar-refractivity contribution < 1.29 is 29.3 Å². The van der Waals surface area contributed by atoms with Gasteiger partial charge in [-0.1, -0.05) is 24.3 Å². The number of benzene rings is 2. The minimum absolute atomic E-state index is 0.0139. The summed E-state index contributed by atoms with van der Waals surface area (Å²) in [6.07, 6.45) is 3.50. The summed E-state index contributed by atoms with van der Waals surface area (Å²) in [5.41, 5.74) is 3.09. The van der Waals surface area contributed by atoms with Crippen LogP contribution in [0.5, 0.6) is 0 Å². The first kappa shape index (κ1) is 21.4. The number of nitro groups is 2. The van der Waals surface area contributed by atoms with E-state index in [0.29, 0.717) is 22.3 Å². The molecule has 10 nitrogen and oxygen atoms in total. The first-order chi connectivity index (χ1) is 14.7. The number of esters is 1. The molecule has 31 heavy (non-hydrogen) atoms. The average Bonchev–Trinajstić information content (AvgIpc) is 3.37. The fraction of sp³-hybridized carbons (Fsp3) is 0.143. The summed E-state index contributed by atoms with van der Waals surface area (Å²) >= 11 is 0. The van der Waals surface area contributed by atoms with Gasteiger partial charge in [0.15, 0.2) is 0 Å². The highest BCUT2D eigenvalue weighted by Gasteiger charge is 2.26. The highest BCUT2D eigenvalue weighted by molar-refractivity contribution is 5.97. The topological polar surface area (TPSA) is 150 Å². The van der Waals surface area contributed by atoms with E-state index < -0.39 is 21.8 Å². The Morgan fingerprint density at radius 2 is 1.32 bits per heavy atom. The summed E-state index contributed by atoms with van der Waals surface area (Å²) in [6.45, 7) is 0. The van der Waals surface area contributed by atoms with Crippen molar-refractivity contribution in [3.63, 3.8) is 0 Å². The van der Waals surface area contributed by atoms with Crippen molar-refractivity contribution in [2.75, 3.05) is 7.11 Å². The Labute approximate surface area is 175 Å². The molecule has 10 heteroatoms. The second-order valence-corrected chi connectivity index (χ2v) is 6.69. The van der Waals surface area contributed by atoms with Crippen molar-refractivity contribution in [3.8, 4) is 0 Å². The van der Waals surface area contributed by atoms with E-state index in [1.165, 1.54) is 25.3 Å². The molecular weight excluding hydrogens is 408 g/mol. The number of methoxy groups -OCH3 is 1. The van der Waals surface area contributed by atoms with Crippen LogP contribution in [-0.2, 0) is 27.2 Å². The van der Waals surface area contributed by atoms with Crippen molar-refractivity contribution >= 4 is 35.5 Å². The van der Waals surface area contributed by atoms with Crippen LogP contribution in [0.25, 0.3) is 12.2 Å². The second kappa shape index (κ2) is 8.57. The standard InChI is InChI=1S/C11H9NO4.C10H7NO4/c1-16-11(13)8-5-7-3-2-4-10(12(14)15)9(7)6-8;12-10(13)7-4-6-2-1-3-9(11(14)15)8(6)5-7/h2-5H,6H2,1H3;1-4H,5H2,(H,12,13). The van der Waals surface area contributed by atoms with Crippen LogP contribution >= 0.6 is 0 Å².